The molecule has 1 aliphatic heterocycles. The van der Waals surface area contributed by atoms with E-state index in [-0.39, 0.29) is 5.41 Å². The van der Waals surface area contributed by atoms with E-state index in [9.17, 15) is 0 Å². The Hall–Kier alpha value is -1.35. The summed E-state index contributed by atoms with van der Waals surface area (Å²) < 4.78 is 5.90. The average Bonchev–Trinajstić information content (AvgIpc) is 3.32. The zero-order valence-corrected chi connectivity index (χ0v) is 21.4. The second-order valence-corrected chi connectivity index (χ2v) is 13.6. The van der Waals surface area contributed by atoms with Crippen LogP contribution in [0.4, 0.5) is 0 Å². The van der Waals surface area contributed by atoms with Crippen LogP contribution in [0.25, 0.3) is 11.0 Å². The molecule has 5 rings (SSSR count). The Balaban J connectivity index is 1.19. The number of aromatic nitrogens is 1. The molecule has 3 nitrogen and oxygen atoms in total. The molecule has 1 spiro atoms. The zero-order valence-electron chi connectivity index (χ0n) is 21.4. The normalized spacial score (nSPS) is 25.0. The fourth-order valence-corrected chi connectivity index (χ4v) is 7.03. The second-order valence-electron chi connectivity index (χ2n) is 13.6. The Morgan fingerprint density at radius 3 is 2.28 bits per heavy atom. The van der Waals surface area contributed by atoms with Crippen molar-refractivity contribution in [3.8, 4) is 0 Å². The van der Waals surface area contributed by atoms with E-state index in [2.05, 4.69) is 63.7 Å². The van der Waals surface area contributed by atoms with Crippen molar-refractivity contribution in [1.82, 2.24) is 10.1 Å². The molecule has 3 heteroatoms. The van der Waals surface area contributed by atoms with Gasteiger partial charge in [-0.15, -0.1) is 0 Å². The maximum atomic E-state index is 5.90. The summed E-state index contributed by atoms with van der Waals surface area (Å²) in [6.07, 6.45) is 11.0. The van der Waals surface area contributed by atoms with Gasteiger partial charge in [0.05, 0.1) is 5.69 Å². The maximum absolute atomic E-state index is 5.90. The number of nitrogens with zero attached hydrogens (tertiary/aromatic N) is 2. The number of piperidine rings is 1. The molecule has 2 aliphatic carbocycles. The summed E-state index contributed by atoms with van der Waals surface area (Å²) in [5.41, 5.74) is 6.25. The van der Waals surface area contributed by atoms with E-state index < -0.39 is 0 Å². The highest BCUT2D eigenvalue weighted by molar-refractivity contribution is 5.85. The predicted octanol–water partition coefficient (Wildman–Crippen LogP) is 7.16. The van der Waals surface area contributed by atoms with Crippen molar-refractivity contribution in [2.45, 2.75) is 98.3 Å². The third-order valence-corrected chi connectivity index (χ3v) is 9.26. The molecule has 1 saturated heterocycles. The first-order valence-corrected chi connectivity index (χ1v) is 13.2. The zero-order chi connectivity index (χ0) is 22.7. The van der Waals surface area contributed by atoms with Gasteiger partial charge in [0.25, 0.3) is 0 Å². The lowest BCUT2D eigenvalue weighted by molar-refractivity contribution is 0.0247. The number of rotatable bonds is 2. The Morgan fingerprint density at radius 1 is 0.969 bits per heavy atom. The van der Waals surface area contributed by atoms with Crippen LogP contribution in [-0.4, -0.2) is 29.7 Å². The first-order valence-electron chi connectivity index (χ1n) is 13.2. The van der Waals surface area contributed by atoms with E-state index in [4.69, 9.17) is 4.52 Å². The van der Waals surface area contributed by atoms with Crippen molar-refractivity contribution < 1.29 is 4.52 Å². The monoisotopic (exact) mass is 436 g/mol. The van der Waals surface area contributed by atoms with Gasteiger partial charge in [-0.25, -0.2) is 0 Å². The Labute approximate surface area is 195 Å². The SMILES string of the molecule is CC(C)(C)c1noc2c3c(ccc12)C[C@H](CN1CCC2(CCC(C(C)(C)C)CC2)CC1)C3. The third-order valence-electron chi connectivity index (χ3n) is 9.26. The van der Waals surface area contributed by atoms with Crippen LogP contribution in [0.5, 0.6) is 0 Å². The Kier molecular flexibility index (Phi) is 5.51. The highest BCUT2D eigenvalue weighted by Gasteiger charge is 2.41. The Bertz CT molecular complexity index is 955. The van der Waals surface area contributed by atoms with Gasteiger partial charge in [0, 0.05) is 22.9 Å². The number of benzene rings is 1. The Morgan fingerprint density at radius 2 is 1.66 bits per heavy atom. The van der Waals surface area contributed by atoms with Gasteiger partial charge < -0.3 is 9.42 Å². The topological polar surface area (TPSA) is 29.3 Å². The third kappa shape index (κ3) is 4.15. The van der Waals surface area contributed by atoms with Gasteiger partial charge in [-0.1, -0.05) is 52.8 Å². The molecule has 176 valence electrons. The summed E-state index contributed by atoms with van der Waals surface area (Å²) in [5, 5.41) is 5.69. The van der Waals surface area contributed by atoms with Gasteiger partial charge in [0.15, 0.2) is 5.58 Å². The molecule has 0 bridgehead atoms. The molecule has 0 amide bonds. The largest absolute Gasteiger partial charge is 0.356 e. The summed E-state index contributed by atoms with van der Waals surface area (Å²) in [5.74, 6) is 1.65. The molecule has 1 aromatic heterocycles. The van der Waals surface area contributed by atoms with E-state index in [1.165, 1.54) is 81.1 Å². The van der Waals surface area contributed by atoms with Crippen LogP contribution < -0.4 is 0 Å². The van der Waals surface area contributed by atoms with Crippen LogP contribution in [0.3, 0.4) is 0 Å². The van der Waals surface area contributed by atoms with Crippen LogP contribution >= 0.6 is 0 Å². The summed E-state index contributed by atoms with van der Waals surface area (Å²) in [6.45, 7) is 17.8. The lowest BCUT2D eigenvalue weighted by atomic mass is 9.61. The summed E-state index contributed by atoms with van der Waals surface area (Å²) in [6, 6.07) is 4.61. The van der Waals surface area contributed by atoms with Gasteiger partial charge >= 0.3 is 0 Å². The second kappa shape index (κ2) is 7.86. The van der Waals surface area contributed by atoms with E-state index >= 15 is 0 Å². The summed E-state index contributed by atoms with van der Waals surface area (Å²) in [4.78, 5) is 2.77. The lowest BCUT2D eigenvalue weighted by Gasteiger charge is -2.48. The maximum Gasteiger partial charge on any atom is 0.170 e. The molecule has 1 saturated carbocycles. The first-order chi connectivity index (χ1) is 15.0. The lowest BCUT2D eigenvalue weighted by Crippen LogP contribution is -2.44. The van der Waals surface area contributed by atoms with Crippen LogP contribution in [0.2, 0.25) is 0 Å². The van der Waals surface area contributed by atoms with Crippen LogP contribution in [0, 0.1) is 22.7 Å². The molecule has 2 heterocycles. The standard InChI is InChI=1S/C29H44N2O/c1-27(2,3)22-9-11-29(12-10-22)13-15-31(16-14-29)19-20-17-21-7-8-23-25(24(21)18-20)32-30-26(23)28(4,5)6/h7-8,20,22H,9-19H2,1-6H3/t20-/m0/s1. The minimum absolute atomic E-state index is 0.0211. The molecule has 0 radical (unpaired) electrons. The molecular weight excluding hydrogens is 392 g/mol. The minimum Gasteiger partial charge on any atom is -0.356 e. The van der Waals surface area contributed by atoms with Gasteiger partial charge in [0.1, 0.15) is 0 Å². The van der Waals surface area contributed by atoms with Crippen LogP contribution in [0.15, 0.2) is 16.7 Å². The van der Waals surface area contributed by atoms with Crippen molar-refractivity contribution in [3.05, 3.63) is 29.0 Å². The predicted molar refractivity (Wildman–Crippen MR) is 133 cm³/mol. The van der Waals surface area contributed by atoms with Gasteiger partial charge in [0.2, 0.25) is 0 Å². The molecule has 0 N–H and O–H groups in total. The van der Waals surface area contributed by atoms with Gasteiger partial charge in [-0.05, 0) is 98.8 Å². The molecule has 2 aromatic rings. The smallest absolute Gasteiger partial charge is 0.170 e. The van der Waals surface area contributed by atoms with E-state index in [1.54, 1.807) is 0 Å². The average molecular weight is 437 g/mol. The van der Waals surface area contributed by atoms with Crippen molar-refractivity contribution in [2.75, 3.05) is 19.6 Å². The summed E-state index contributed by atoms with van der Waals surface area (Å²) >= 11 is 0. The number of likely N-dealkylation sites (tertiary alicyclic amines) is 1. The fraction of sp³-hybridized carbons (Fsp3) is 0.759. The summed E-state index contributed by atoms with van der Waals surface area (Å²) in [7, 11) is 0. The van der Waals surface area contributed by atoms with Crippen molar-refractivity contribution in [3.63, 3.8) is 0 Å². The molecular formula is C29H44N2O. The molecule has 0 unspecified atom stereocenters. The highest BCUT2D eigenvalue weighted by Crippen LogP contribution is 2.50. The first kappa shape index (κ1) is 22.4. The number of hydrogen-bond donors (Lipinski definition) is 0. The van der Waals surface area contributed by atoms with Gasteiger partial charge in [-0.2, -0.15) is 0 Å². The molecule has 32 heavy (non-hydrogen) atoms. The van der Waals surface area contributed by atoms with E-state index in [1.807, 2.05) is 0 Å². The minimum atomic E-state index is 0.0211. The number of fused-ring (bicyclic) bond motifs is 3. The fourth-order valence-electron chi connectivity index (χ4n) is 7.03. The number of hydrogen-bond acceptors (Lipinski definition) is 3. The van der Waals surface area contributed by atoms with Crippen LogP contribution in [0.1, 0.15) is 96.9 Å². The van der Waals surface area contributed by atoms with E-state index in [0.717, 1.165) is 29.5 Å². The van der Waals surface area contributed by atoms with Gasteiger partial charge in [-0.3, -0.25) is 0 Å². The molecule has 1 atom stereocenters. The quantitative estimate of drug-likeness (QED) is 0.500. The molecule has 2 fully saturated rings. The van der Waals surface area contributed by atoms with E-state index in [0.29, 0.717) is 10.8 Å². The highest BCUT2D eigenvalue weighted by atomic mass is 16.5. The van der Waals surface area contributed by atoms with Crippen LogP contribution in [-0.2, 0) is 18.3 Å². The van der Waals surface area contributed by atoms with Crippen molar-refractivity contribution >= 4 is 11.0 Å². The molecule has 3 aliphatic rings. The molecule has 1 aromatic carbocycles. The van der Waals surface area contributed by atoms with Crippen molar-refractivity contribution in [1.29, 1.82) is 0 Å². The van der Waals surface area contributed by atoms with Crippen molar-refractivity contribution in [2.24, 2.45) is 22.7 Å².